The van der Waals surface area contributed by atoms with E-state index >= 15 is 0 Å². The summed E-state index contributed by atoms with van der Waals surface area (Å²) in [6.45, 7) is 12.8. The molecule has 180 valence electrons. The Bertz CT molecular complexity index is 958. The van der Waals surface area contributed by atoms with Crippen molar-refractivity contribution in [1.82, 2.24) is 5.32 Å². The first-order valence-corrected chi connectivity index (χ1v) is 13.5. The first-order chi connectivity index (χ1) is 15.8. The molecular weight excluding hydrogens is 429 g/mol. The third kappa shape index (κ3) is 7.20. The summed E-state index contributed by atoms with van der Waals surface area (Å²) >= 11 is 1.69. The lowest BCUT2D eigenvalue weighted by Gasteiger charge is -2.39. The van der Waals surface area contributed by atoms with Crippen LogP contribution in [-0.4, -0.2) is 24.5 Å². The van der Waals surface area contributed by atoms with Crippen LogP contribution in [0.3, 0.4) is 0 Å². The number of rotatable bonds is 8. The molecule has 0 bridgehead atoms. The predicted molar refractivity (Wildman–Crippen MR) is 143 cm³/mol. The van der Waals surface area contributed by atoms with Crippen LogP contribution >= 0.6 is 11.8 Å². The summed E-state index contributed by atoms with van der Waals surface area (Å²) < 4.78 is 14.6. The van der Waals surface area contributed by atoms with Crippen LogP contribution in [0.1, 0.15) is 67.9 Å². The molecule has 2 aromatic carbocycles. The normalized spacial score (nSPS) is 17.9. The molecule has 1 aliphatic carbocycles. The maximum atomic E-state index is 14.6. The van der Waals surface area contributed by atoms with Gasteiger partial charge in [0.15, 0.2) is 0 Å². The molecule has 0 aliphatic heterocycles. The number of hydrogen-bond donors (Lipinski definition) is 1. The molecule has 1 fully saturated rings. The molecule has 1 aliphatic rings. The zero-order valence-corrected chi connectivity index (χ0v) is 22.2. The number of halogens is 1. The van der Waals surface area contributed by atoms with Gasteiger partial charge in [-0.2, -0.15) is 11.8 Å². The van der Waals surface area contributed by atoms with E-state index in [0.29, 0.717) is 18.3 Å². The third-order valence-corrected chi connectivity index (χ3v) is 7.04. The summed E-state index contributed by atoms with van der Waals surface area (Å²) in [5.41, 5.74) is 7.61. The molecular formula is C29H40FNOS. The Morgan fingerprint density at radius 2 is 1.70 bits per heavy atom. The molecule has 0 saturated heterocycles. The van der Waals surface area contributed by atoms with Crippen LogP contribution in [0.2, 0.25) is 0 Å². The first kappa shape index (κ1) is 27.2. The Balaban J connectivity index is 0.00000187. The highest BCUT2D eigenvalue weighted by molar-refractivity contribution is 7.98. The number of aryl methyl sites for hydroxylation is 2. The first-order valence-electron chi connectivity index (χ1n) is 12.1. The number of carbonyl (C=O) groups is 1. The lowest BCUT2D eigenvalue weighted by molar-refractivity contribution is -0.121. The number of allylic oxidation sites excluding steroid dienone is 2. The molecule has 0 atom stereocenters. The average molecular weight is 470 g/mol. The fourth-order valence-electron chi connectivity index (χ4n) is 4.46. The Hall–Kier alpha value is -2.07. The summed E-state index contributed by atoms with van der Waals surface area (Å²) in [4.78, 5) is 11.9. The maximum Gasteiger partial charge on any atom is 0.220 e. The fourth-order valence-corrected chi connectivity index (χ4v) is 4.85. The van der Waals surface area contributed by atoms with E-state index in [1.807, 2.05) is 34.0 Å². The number of amides is 1. The van der Waals surface area contributed by atoms with Crippen molar-refractivity contribution in [2.24, 2.45) is 11.8 Å². The summed E-state index contributed by atoms with van der Waals surface area (Å²) in [6.07, 6.45) is 4.65. The van der Waals surface area contributed by atoms with E-state index in [9.17, 15) is 9.18 Å². The van der Waals surface area contributed by atoms with Gasteiger partial charge in [-0.25, -0.2) is 4.39 Å². The molecule has 0 unspecified atom stereocenters. The minimum Gasteiger partial charge on any atom is -0.356 e. The van der Waals surface area contributed by atoms with E-state index in [4.69, 9.17) is 0 Å². The average Bonchev–Trinajstić information content (AvgIpc) is 2.78. The van der Waals surface area contributed by atoms with Gasteiger partial charge in [-0.1, -0.05) is 49.7 Å². The molecule has 2 aromatic rings. The van der Waals surface area contributed by atoms with Gasteiger partial charge in [-0.05, 0) is 98.1 Å². The molecule has 0 heterocycles. The second-order valence-electron chi connectivity index (χ2n) is 8.91. The highest BCUT2D eigenvalue weighted by Crippen LogP contribution is 2.47. The zero-order valence-electron chi connectivity index (χ0n) is 21.3. The van der Waals surface area contributed by atoms with Crippen LogP contribution in [0.5, 0.6) is 0 Å². The molecule has 1 saturated carbocycles. The third-order valence-electron chi connectivity index (χ3n) is 6.43. The number of benzene rings is 2. The van der Waals surface area contributed by atoms with Gasteiger partial charge in [0.2, 0.25) is 5.91 Å². The van der Waals surface area contributed by atoms with Crippen molar-refractivity contribution in [3.05, 3.63) is 70.0 Å². The van der Waals surface area contributed by atoms with Crippen LogP contribution in [0.25, 0.3) is 11.1 Å². The standard InChI is InChI=1S/C27H34FNOS.C2H6/c1-17-6-8-22(9-7-17)19(3)27(24-12-18(2)13-25(28)20(24)4)23-14-21(15-23)16-29-26(30)10-11-31-5;1-2/h6-9,12-13,21,23H,10-11,14-16H2,1-5H3,(H,29,30);1-2H3/b27-19+;. The molecule has 0 radical (unpaired) electrons. The van der Waals surface area contributed by atoms with Crippen molar-refractivity contribution in [3.8, 4) is 0 Å². The molecule has 0 aromatic heterocycles. The zero-order chi connectivity index (χ0) is 24.5. The molecule has 1 N–H and O–H groups in total. The van der Waals surface area contributed by atoms with E-state index in [2.05, 4.69) is 49.5 Å². The Morgan fingerprint density at radius 1 is 1.06 bits per heavy atom. The lowest BCUT2D eigenvalue weighted by Crippen LogP contribution is -2.36. The van der Waals surface area contributed by atoms with Gasteiger partial charge in [0, 0.05) is 18.7 Å². The van der Waals surface area contributed by atoms with Gasteiger partial charge in [0.05, 0.1) is 0 Å². The lowest BCUT2D eigenvalue weighted by atomic mass is 9.67. The maximum absolute atomic E-state index is 14.6. The van der Waals surface area contributed by atoms with Crippen LogP contribution in [0, 0.1) is 38.4 Å². The van der Waals surface area contributed by atoms with Crippen molar-refractivity contribution >= 4 is 28.8 Å². The number of nitrogens with one attached hydrogen (secondary N) is 1. The molecule has 0 spiro atoms. The summed E-state index contributed by atoms with van der Waals surface area (Å²) in [5.74, 6) is 1.73. The van der Waals surface area contributed by atoms with E-state index < -0.39 is 0 Å². The fraction of sp³-hybridized carbons (Fsp3) is 0.483. The van der Waals surface area contributed by atoms with E-state index in [1.165, 1.54) is 22.3 Å². The van der Waals surface area contributed by atoms with Crippen molar-refractivity contribution in [2.75, 3.05) is 18.6 Å². The van der Waals surface area contributed by atoms with Crippen LogP contribution in [0.15, 0.2) is 36.4 Å². The van der Waals surface area contributed by atoms with Crippen LogP contribution < -0.4 is 5.32 Å². The van der Waals surface area contributed by atoms with Crippen molar-refractivity contribution in [3.63, 3.8) is 0 Å². The van der Waals surface area contributed by atoms with Gasteiger partial charge in [0.25, 0.3) is 0 Å². The minimum absolute atomic E-state index is 0.138. The van der Waals surface area contributed by atoms with Crippen LogP contribution in [-0.2, 0) is 4.79 Å². The van der Waals surface area contributed by atoms with Gasteiger partial charge in [0.1, 0.15) is 5.82 Å². The second-order valence-corrected chi connectivity index (χ2v) is 9.89. The molecule has 3 rings (SSSR count). The SMILES string of the molecule is CC.CSCCC(=O)NCC1CC(/C(=C(/C)c2ccc(C)cc2)c2cc(C)cc(F)c2C)C1. The number of hydrogen-bond acceptors (Lipinski definition) is 2. The monoisotopic (exact) mass is 469 g/mol. The van der Waals surface area contributed by atoms with Crippen molar-refractivity contribution < 1.29 is 9.18 Å². The molecule has 1 amide bonds. The summed E-state index contributed by atoms with van der Waals surface area (Å²) in [7, 11) is 0. The minimum atomic E-state index is -0.138. The van der Waals surface area contributed by atoms with E-state index in [0.717, 1.165) is 41.8 Å². The predicted octanol–water partition coefficient (Wildman–Crippen LogP) is 7.60. The largest absolute Gasteiger partial charge is 0.356 e. The smallest absolute Gasteiger partial charge is 0.220 e. The summed E-state index contributed by atoms with van der Waals surface area (Å²) in [6, 6.07) is 12.3. The van der Waals surface area contributed by atoms with Crippen molar-refractivity contribution in [1.29, 1.82) is 0 Å². The molecule has 2 nitrogen and oxygen atoms in total. The Labute approximate surface area is 204 Å². The second kappa shape index (κ2) is 13.0. The molecule has 4 heteroatoms. The van der Waals surface area contributed by atoms with Gasteiger partial charge in [-0.15, -0.1) is 0 Å². The summed E-state index contributed by atoms with van der Waals surface area (Å²) in [5, 5.41) is 3.09. The van der Waals surface area contributed by atoms with E-state index in [1.54, 1.807) is 17.8 Å². The van der Waals surface area contributed by atoms with E-state index in [-0.39, 0.29) is 11.7 Å². The quantitative estimate of drug-likeness (QED) is 0.403. The van der Waals surface area contributed by atoms with Crippen molar-refractivity contribution in [2.45, 2.75) is 60.8 Å². The highest BCUT2D eigenvalue weighted by Gasteiger charge is 2.34. The van der Waals surface area contributed by atoms with Gasteiger partial charge in [-0.3, -0.25) is 4.79 Å². The Morgan fingerprint density at radius 3 is 2.30 bits per heavy atom. The topological polar surface area (TPSA) is 29.1 Å². The number of carbonyl (C=O) groups excluding carboxylic acids is 1. The Kier molecular flexibility index (Phi) is 10.7. The van der Waals surface area contributed by atoms with Crippen LogP contribution in [0.4, 0.5) is 4.39 Å². The van der Waals surface area contributed by atoms with Gasteiger partial charge >= 0.3 is 0 Å². The molecule has 33 heavy (non-hydrogen) atoms. The van der Waals surface area contributed by atoms with Gasteiger partial charge < -0.3 is 5.32 Å². The highest BCUT2D eigenvalue weighted by atomic mass is 32.2. The number of thioether (sulfide) groups is 1.